The van der Waals surface area contributed by atoms with E-state index in [2.05, 4.69) is 4.74 Å². The molecular formula is C21H4F16O2. The van der Waals surface area contributed by atoms with Crippen molar-refractivity contribution >= 4 is 0 Å². The first kappa shape index (κ1) is 29.9. The van der Waals surface area contributed by atoms with Crippen LogP contribution in [0.5, 0.6) is 11.5 Å². The number of alkyl halides is 3. The summed E-state index contributed by atoms with van der Waals surface area (Å²) in [7, 11) is 0. The molecule has 0 heterocycles. The van der Waals surface area contributed by atoms with Gasteiger partial charge in [0.1, 0.15) is 11.2 Å². The van der Waals surface area contributed by atoms with Gasteiger partial charge in [-0.05, 0) is 6.92 Å². The molecule has 0 aliphatic rings. The molecule has 1 unspecified atom stereocenters. The first-order chi connectivity index (χ1) is 17.7. The maximum absolute atomic E-state index is 14.7. The number of halogens is 16. The van der Waals surface area contributed by atoms with Crippen molar-refractivity contribution in [3.8, 4) is 11.5 Å². The lowest BCUT2D eigenvalue weighted by Crippen LogP contribution is -2.31. The van der Waals surface area contributed by atoms with Crippen LogP contribution in [0, 0.1) is 75.6 Å². The summed E-state index contributed by atoms with van der Waals surface area (Å²) in [6, 6.07) is 0. The quantitative estimate of drug-likeness (QED) is 0.193. The van der Waals surface area contributed by atoms with Crippen molar-refractivity contribution in [2.75, 3.05) is 0 Å². The van der Waals surface area contributed by atoms with E-state index in [9.17, 15) is 75.4 Å². The van der Waals surface area contributed by atoms with Gasteiger partial charge >= 0.3 is 6.18 Å². The minimum atomic E-state index is -6.07. The third-order valence-electron chi connectivity index (χ3n) is 5.12. The molecule has 212 valence electrons. The summed E-state index contributed by atoms with van der Waals surface area (Å²) >= 11 is 0. The monoisotopic (exact) mass is 592 g/mol. The van der Waals surface area contributed by atoms with Gasteiger partial charge in [-0.15, -0.1) is 0 Å². The van der Waals surface area contributed by atoms with Gasteiger partial charge in [0.05, 0.1) is 11.1 Å². The molecule has 0 saturated heterocycles. The van der Waals surface area contributed by atoms with Crippen LogP contribution >= 0.6 is 0 Å². The molecule has 0 aromatic heterocycles. The van der Waals surface area contributed by atoms with E-state index in [1.165, 1.54) is 0 Å². The van der Waals surface area contributed by atoms with E-state index in [1.807, 2.05) is 0 Å². The Balaban J connectivity index is 2.30. The van der Waals surface area contributed by atoms with Crippen LogP contribution in [0.25, 0.3) is 0 Å². The number of benzene rings is 3. The first-order valence-electron chi connectivity index (χ1n) is 9.41. The molecule has 1 atom stereocenters. The van der Waals surface area contributed by atoms with E-state index in [1.54, 1.807) is 0 Å². The predicted molar refractivity (Wildman–Crippen MR) is 92.5 cm³/mol. The zero-order valence-electron chi connectivity index (χ0n) is 17.9. The van der Waals surface area contributed by atoms with Gasteiger partial charge in [0.15, 0.2) is 46.5 Å². The largest absolute Gasteiger partial charge is 0.444 e. The molecule has 18 heteroatoms. The Kier molecular flexibility index (Phi) is 7.27. The molecule has 39 heavy (non-hydrogen) atoms. The zero-order chi connectivity index (χ0) is 30.1. The molecule has 3 aromatic carbocycles. The summed E-state index contributed by atoms with van der Waals surface area (Å²) in [5.74, 6) is -44.2. The molecule has 0 amide bonds. The summed E-state index contributed by atoms with van der Waals surface area (Å²) in [4.78, 5) is 0. The van der Waals surface area contributed by atoms with Gasteiger partial charge < -0.3 is 9.84 Å². The van der Waals surface area contributed by atoms with Gasteiger partial charge in [0.2, 0.25) is 40.6 Å². The van der Waals surface area contributed by atoms with E-state index in [0.717, 1.165) is 0 Å². The SMILES string of the molecule is CC(O)(c1c(F)c(F)c(F)c(F)c1F)c1c(F)c(F)c(Oc2c(F)c(F)c(C(F)(F)F)c(F)c2F)c(F)c1F. The van der Waals surface area contributed by atoms with Crippen LogP contribution in [0.3, 0.4) is 0 Å². The lowest BCUT2D eigenvalue weighted by Gasteiger charge is -2.27. The number of hydrogen-bond acceptors (Lipinski definition) is 2. The average molecular weight is 592 g/mol. The van der Waals surface area contributed by atoms with Crippen LogP contribution in [0.15, 0.2) is 0 Å². The Bertz CT molecular complexity index is 1440. The number of hydrogen-bond donors (Lipinski definition) is 1. The maximum atomic E-state index is 14.7. The Labute approximate surface area is 203 Å². The van der Waals surface area contributed by atoms with Crippen LogP contribution in [-0.4, -0.2) is 5.11 Å². The number of ether oxygens (including phenoxy) is 1. The third kappa shape index (κ3) is 4.39. The molecule has 1 N–H and O–H groups in total. The van der Waals surface area contributed by atoms with Gasteiger partial charge in [0, 0.05) is 0 Å². The van der Waals surface area contributed by atoms with Gasteiger partial charge in [-0.2, -0.15) is 30.7 Å². The van der Waals surface area contributed by atoms with Crippen LogP contribution in [0.2, 0.25) is 0 Å². The van der Waals surface area contributed by atoms with Gasteiger partial charge in [0.25, 0.3) is 0 Å². The van der Waals surface area contributed by atoms with E-state index < -0.39 is 116 Å². The second kappa shape index (κ2) is 9.49. The zero-order valence-corrected chi connectivity index (χ0v) is 17.9. The van der Waals surface area contributed by atoms with Crippen molar-refractivity contribution < 1.29 is 80.1 Å². The molecule has 3 aromatic rings. The Morgan fingerprint density at radius 2 is 0.641 bits per heavy atom. The molecule has 0 saturated carbocycles. The second-order valence-corrected chi connectivity index (χ2v) is 7.54. The molecule has 0 aliphatic carbocycles. The van der Waals surface area contributed by atoms with Crippen LogP contribution in [0.4, 0.5) is 70.2 Å². The van der Waals surface area contributed by atoms with Crippen molar-refractivity contribution in [2.45, 2.75) is 18.7 Å². The third-order valence-corrected chi connectivity index (χ3v) is 5.12. The predicted octanol–water partition coefficient (Wildman–Crippen LogP) is 7.56. The molecule has 0 radical (unpaired) electrons. The van der Waals surface area contributed by atoms with Crippen LogP contribution < -0.4 is 4.74 Å². The Morgan fingerprint density at radius 1 is 0.410 bits per heavy atom. The maximum Gasteiger partial charge on any atom is 0.422 e. The Morgan fingerprint density at radius 3 is 0.923 bits per heavy atom. The highest BCUT2D eigenvalue weighted by molar-refractivity contribution is 5.46. The first-order valence-corrected chi connectivity index (χ1v) is 9.41. The van der Waals surface area contributed by atoms with E-state index in [0.29, 0.717) is 0 Å². The molecule has 3 rings (SSSR count). The van der Waals surface area contributed by atoms with E-state index in [4.69, 9.17) is 0 Å². The normalized spacial score (nSPS) is 13.6. The summed E-state index contributed by atoms with van der Waals surface area (Å²) in [5.41, 5.74) is -12.3. The number of rotatable bonds is 4. The van der Waals surface area contributed by atoms with Crippen molar-refractivity contribution in [1.82, 2.24) is 0 Å². The lowest BCUT2D eigenvalue weighted by molar-refractivity contribution is -0.143. The molecule has 2 nitrogen and oxygen atoms in total. The fourth-order valence-electron chi connectivity index (χ4n) is 3.34. The van der Waals surface area contributed by atoms with Gasteiger partial charge in [-0.1, -0.05) is 0 Å². The highest BCUT2D eigenvalue weighted by Crippen LogP contribution is 2.45. The minimum Gasteiger partial charge on any atom is -0.444 e. The lowest BCUT2D eigenvalue weighted by atomic mass is 9.86. The fourth-order valence-corrected chi connectivity index (χ4v) is 3.34. The topological polar surface area (TPSA) is 29.5 Å². The standard InChI is InChI=1S/C21H4F16O2/c1-20(38,2-5(22)11(28)13(30)12(29)6(2)23)3-7(24)14(31)18(15(32)8(3)25)39-19-16(33)9(26)4(21(35,36)37)10(27)17(19)34/h38H,1H3. The van der Waals surface area contributed by atoms with Crippen molar-refractivity contribution in [3.05, 3.63) is 92.3 Å². The molecule has 0 fully saturated rings. The second-order valence-electron chi connectivity index (χ2n) is 7.54. The smallest absolute Gasteiger partial charge is 0.422 e. The van der Waals surface area contributed by atoms with E-state index in [-0.39, 0.29) is 6.92 Å². The minimum absolute atomic E-state index is 0.105. The average Bonchev–Trinajstić information content (AvgIpc) is 2.82. The summed E-state index contributed by atoms with van der Waals surface area (Å²) < 4.78 is 224. The molecular weight excluding hydrogens is 588 g/mol. The molecule has 0 spiro atoms. The summed E-state index contributed by atoms with van der Waals surface area (Å²) in [5, 5.41) is 10.3. The van der Waals surface area contributed by atoms with Gasteiger partial charge in [-0.25, -0.2) is 39.5 Å². The number of aliphatic hydroxyl groups is 1. The van der Waals surface area contributed by atoms with E-state index >= 15 is 0 Å². The van der Waals surface area contributed by atoms with Crippen LogP contribution in [-0.2, 0) is 11.8 Å². The van der Waals surface area contributed by atoms with Gasteiger partial charge in [-0.3, -0.25) is 0 Å². The molecule has 0 bridgehead atoms. The summed E-state index contributed by atoms with van der Waals surface area (Å²) in [6.45, 7) is -0.105. The van der Waals surface area contributed by atoms with Crippen LogP contribution in [0.1, 0.15) is 23.6 Å². The Hall–Kier alpha value is -3.70. The van der Waals surface area contributed by atoms with Crippen molar-refractivity contribution in [2.24, 2.45) is 0 Å². The highest BCUT2D eigenvalue weighted by Gasteiger charge is 2.46. The highest BCUT2D eigenvalue weighted by atomic mass is 19.4. The fraction of sp³-hybridized carbons (Fsp3) is 0.143. The summed E-state index contributed by atoms with van der Waals surface area (Å²) in [6.07, 6.45) is -6.07. The molecule has 0 aliphatic heterocycles. The van der Waals surface area contributed by atoms with Crippen molar-refractivity contribution in [3.63, 3.8) is 0 Å². The van der Waals surface area contributed by atoms with Crippen molar-refractivity contribution in [1.29, 1.82) is 0 Å².